The number of rotatable bonds is 5. The van der Waals surface area contributed by atoms with E-state index in [4.69, 9.17) is 4.42 Å². The summed E-state index contributed by atoms with van der Waals surface area (Å²) in [5, 5.41) is 9.51. The van der Waals surface area contributed by atoms with Crippen LogP contribution in [0.25, 0.3) is 11.5 Å². The lowest BCUT2D eigenvalue weighted by Gasteiger charge is -2.01. The number of thiophene rings is 1. The summed E-state index contributed by atoms with van der Waals surface area (Å²) in [5.74, 6) is 0.589. The molecule has 0 unspecified atom stereocenters. The van der Waals surface area contributed by atoms with Gasteiger partial charge in [0.05, 0.1) is 6.54 Å². The van der Waals surface area contributed by atoms with E-state index in [1.807, 2.05) is 31.2 Å². The van der Waals surface area contributed by atoms with Gasteiger partial charge in [-0.05, 0) is 30.5 Å². The van der Waals surface area contributed by atoms with Crippen LogP contribution >= 0.6 is 11.3 Å². The number of aryl methyl sites for hydroxylation is 1. The van der Waals surface area contributed by atoms with Gasteiger partial charge in [-0.25, -0.2) is 13.1 Å². The molecule has 0 saturated carbocycles. The fourth-order valence-corrected chi connectivity index (χ4v) is 3.88. The molecule has 2 aromatic heterocycles. The van der Waals surface area contributed by atoms with Gasteiger partial charge in [-0.15, -0.1) is 21.5 Å². The van der Waals surface area contributed by atoms with Crippen molar-refractivity contribution in [2.45, 2.75) is 17.7 Å². The van der Waals surface area contributed by atoms with Gasteiger partial charge in [0, 0.05) is 5.56 Å². The van der Waals surface area contributed by atoms with Crippen LogP contribution in [-0.2, 0) is 16.6 Å². The molecule has 0 spiro atoms. The fourth-order valence-electron chi connectivity index (χ4n) is 1.86. The topological polar surface area (TPSA) is 85.1 Å². The van der Waals surface area contributed by atoms with E-state index in [2.05, 4.69) is 14.9 Å². The van der Waals surface area contributed by atoms with Gasteiger partial charge >= 0.3 is 0 Å². The van der Waals surface area contributed by atoms with Crippen LogP contribution in [0.1, 0.15) is 11.5 Å². The highest BCUT2D eigenvalue weighted by Gasteiger charge is 2.16. The molecule has 3 rings (SSSR count). The van der Waals surface area contributed by atoms with Crippen LogP contribution in [0.2, 0.25) is 0 Å². The minimum Gasteiger partial charge on any atom is -0.419 e. The van der Waals surface area contributed by atoms with Crippen molar-refractivity contribution < 1.29 is 12.8 Å². The maximum atomic E-state index is 12.0. The van der Waals surface area contributed by atoms with Crippen molar-refractivity contribution in [2.75, 3.05) is 0 Å². The normalized spacial score (nSPS) is 11.7. The second-order valence-corrected chi connectivity index (χ2v) is 7.57. The zero-order valence-corrected chi connectivity index (χ0v) is 13.3. The first-order valence-corrected chi connectivity index (χ1v) is 8.83. The summed E-state index contributed by atoms with van der Waals surface area (Å²) in [6, 6.07) is 10.9. The smallest absolute Gasteiger partial charge is 0.250 e. The summed E-state index contributed by atoms with van der Waals surface area (Å²) in [7, 11) is -3.54. The zero-order valence-electron chi connectivity index (χ0n) is 11.7. The average molecular weight is 335 g/mol. The predicted octanol–water partition coefficient (Wildman–Crippen LogP) is 2.59. The largest absolute Gasteiger partial charge is 0.419 e. The van der Waals surface area contributed by atoms with E-state index in [9.17, 15) is 8.42 Å². The first-order chi connectivity index (χ1) is 10.5. The maximum Gasteiger partial charge on any atom is 0.250 e. The maximum absolute atomic E-state index is 12.0. The van der Waals surface area contributed by atoms with Gasteiger partial charge in [0.15, 0.2) is 0 Å². The lowest BCUT2D eigenvalue weighted by molar-refractivity contribution is 0.494. The van der Waals surface area contributed by atoms with Crippen LogP contribution in [-0.4, -0.2) is 18.6 Å². The molecule has 1 N–H and O–H groups in total. The molecule has 114 valence electrons. The van der Waals surface area contributed by atoms with Crippen molar-refractivity contribution in [2.24, 2.45) is 0 Å². The third kappa shape index (κ3) is 3.24. The van der Waals surface area contributed by atoms with Crippen LogP contribution in [0.3, 0.4) is 0 Å². The molecular formula is C14H13N3O3S2. The Bertz CT molecular complexity index is 870. The molecule has 0 aliphatic heterocycles. The molecule has 0 bridgehead atoms. The Labute approximate surface area is 131 Å². The van der Waals surface area contributed by atoms with Gasteiger partial charge in [0.1, 0.15) is 4.21 Å². The van der Waals surface area contributed by atoms with Gasteiger partial charge in [-0.1, -0.05) is 23.8 Å². The van der Waals surface area contributed by atoms with Gasteiger partial charge in [0.25, 0.3) is 10.0 Å². The third-order valence-electron chi connectivity index (χ3n) is 2.91. The van der Waals surface area contributed by atoms with E-state index < -0.39 is 10.0 Å². The van der Waals surface area contributed by atoms with Crippen molar-refractivity contribution in [3.63, 3.8) is 0 Å². The lowest BCUT2D eigenvalue weighted by atomic mass is 10.1. The van der Waals surface area contributed by atoms with Gasteiger partial charge in [-0.2, -0.15) is 0 Å². The van der Waals surface area contributed by atoms with E-state index in [0.717, 1.165) is 22.5 Å². The van der Waals surface area contributed by atoms with Crippen molar-refractivity contribution in [1.82, 2.24) is 14.9 Å². The molecule has 0 radical (unpaired) electrons. The summed E-state index contributed by atoms with van der Waals surface area (Å²) in [5.41, 5.74) is 1.88. The SMILES string of the molecule is Cc1cccc(-c2nnc(CNS(=O)(=O)c3cccs3)o2)c1. The minimum absolute atomic E-state index is 0.0426. The molecule has 2 heterocycles. The first kappa shape index (κ1) is 14.9. The summed E-state index contributed by atoms with van der Waals surface area (Å²) in [4.78, 5) is 0. The standard InChI is InChI=1S/C14H13N3O3S2/c1-10-4-2-5-11(8-10)14-17-16-12(20-14)9-15-22(18,19)13-6-3-7-21-13/h2-8,15H,9H2,1H3. The van der Waals surface area contributed by atoms with Crippen molar-refractivity contribution >= 4 is 21.4 Å². The average Bonchev–Trinajstić information content (AvgIpc) is 3.17. The summed E-state index contributed by atoms with van der Waals surface area (Å²) < 4.78 is 32.2. The van der Waals surface area contributed by atoms with E-state index in [0.29, 0.717) is 5.89 Å². The van der Waals surface area contributed by atoms with Crippen LogP contribution in [0.4, 0.5) is 0 Å². The molecule has 0 saturated heterocycles. The second-order valence-electron chi connectivity index (χ2n) is 4.63. The highest BCUT2D eigenvalue weighted by Crippen LogP contribution is 2.19. The Hall–Kier alpha value is -2.03. The second kappa shape index (κ2) is 5.99. The quantitative estimate of drug-likeness (QED) is 0.774. The van der Waals surface area contributed by atoms with E-state index in [1.54, 1.807) is 17.5 Å². The van der Waals surface area contributed by atoms with Crippen molar-refractivity contribution in [1.29, 1.82) is 0 Å². The Kier molecular flexibility index (Phi) is 4.06. The number of hydrogen-bond acceptors (Lipinski definition) is 6. The molecular weight excluding hydrogens is 322 g/mol. The Morgan fingerprint density at radius 1 is 1.23 bits per heavy atom. The molecule has 22 heavy (non-hydrogen) atoms. The van der Waals surface area contributed by atoms with Gasteiger partial charge in [0.2, 0.25) is 11.8 Å². The van der Waals surface area contributed by atoms with Crippen molar-refractivity contribution in [3.05, 3.63) is 53.2 Å². The number of sulfonamides is 1. The highest BCUT2D eigenvalue weighted by atomic mass is 32.2. The minimum atomic E-state index is -3.54. The fraction of sp³-hybridized carbons (Fsp3) is 0.143. The molecule has 6 nitrogen and oxygen atoms in total. The monoisotopic (exact) mass is 335 g/mol. The summed E-state index contributed by atoms with van der Waals surface area (Å²) in [6.45, 7) is 1.93. The van der Waals surface area contributed by atoms with Crippen LogP contribution in [0.15, 0.2) is 50.4 Å². The molecule has 8 heteroatoms. The Morgan fingerprint density at radius 3 is 2.82 bits per heavy atom. The zero-order chi connectivity index (χ0) is 15.6. The number of nitrogens with one attached hydrogen (secondary N) is 1. The lowest BCUT2D eigenvalue weighted by Crippen LogP contribution is -2.22. The molecule has 3 aromatic rings. The molecule has 0 amide bonds. The molecule has 0 aliphatic rings. The van der Waals surface area contributed by atoms with Crippen molar-refractivity contribution in [3.8, 4) is 11.5 Å². The third-order valence-corrected chi connectivity index (χ3v) is 5.70. The number of aromatic nitrogens is 2. The number of hydrogen-bond donors (Lipinski definition) is 1. The van der Waals surface area contributed by atoms with E-state index >= 15 is 0 Å². The molecule has 0 aliphatic carbocycles. The van der Waals surface area contributed by atoms with Gasteiger partial charge in [-0.3, -0.25) is 0 Å². The Morgan fingerprint density at radius 2 is 2.09 bits per heavy atom. The highest BCUT2D eigenvalue weighted by molar-refractivity contribution is 7.91. The van der Waals surface area contributed by atoms with Gasteiger partial charge < -0.3 is 4.42 Å². The van der Waals surface area contributed by atoms with Crippen LogP contribution in [0, 0.1) is 6.92 Å². The number of nitrogens with zero attached hydrogens (tertiary/aromatic N) is 2. The van der Waals surface area contributed by atoms with Crippen LogP contribution in [0.5, 0.6) is 0 Å². The molecule has 0 atom stereocenters. The van der Waals surface area contributed by atoms with Crippen LogP contribution < -0.4 is 4.72 Å². The molecule has 0 fully saturated rings. The van der Waals surface area contributed by atoms with E-state index in [1.165, 1.54) is 0 Å². The number of benzene rings is 1. The molecule has 1 aromatic carbocycles. The van der Waals surface area contributed by atoms with E-state index in [-0.39, 0.29) is 16.6 Å². The summed E-state index contributed by atoms with van der Waals surface area (Å²) >= 11 is 1.15. The Balaban J connectivity index is 1.73. The first-order valence-electron chi connectivity index (χ1n) is 6.47. The summed E-state index contributed by atoms with van der Waals surface area (Å²) in [6.07, 6.45) is 0. The predicted molar refractivity (Wildman–Crippen MR) is 82.8 cm³/mol.